The molecule has 198 valence electrons. The van der Waals surface area contributed by atoms with E-state index in [1.165, 1.54) is 0 Å². The van der Waals surface area contributed by atoms with Gasteiger partial charge in [-0.25, -0.2) is 0 Å². The summed E-state index contributed by atoms with van der Waals surface area (Å²) in [6.45, 7) is 1.51. The fourth-order valence-electron chi connectivity index (χ4n) is 4.22. The molecule has 5 atom stereocenters. The van der Waals surface area contributed by atoms with E-state index in [0.717, 1.165) is 16.7 Å². The van der Waals surface area contributed by atoms with Crippen LogP contribution in [0.15, 0.2) is 91.0 Å². The van der Waals surface area contributed by atoms with E-state index >= 15 is 0 Å². The molecule has 37 heavy (non-hydrogen) atoms. The maximum absolute atomic E-state index is 11.2. The fraction of sp³-hybridized carbons (Fsp3) is 0.400. The molecule has 0 aliphatic carbocycles. The summed E-state index contributed by atoms with van der Waals surface area (Å²) in [6, 6.07) is 29.5. The van der Waals surface area contributed by atoms with Crippen LogP contribution in [0.5, 0.6) is 0 Å². The Morgan fingerprint density at radius 1 is 0.649 bits per heavy atom. The van der Waals surface area contributed by atoms with Crippen molar-refractivity contribution >= 4 is 0 Å². The van der Waals surface area contributed by atoms with E-state index in [0.29, 0.717) is 26.2 Å². The van der Waals surface area contributed by atoms with E-state index in [1.807, 2.05) is 91.0 Å². The molecule has 0 radical (unpaired) electrons. The molecule has 3 aromatic carbocycles. The molecule has 0 amide bonds. The second kappa shape index (κ2) is 15.0. The van der Waals surface area contributed by atoms with Crippen LogP contribution in [0.2, 0.25) is 0 Å². The van der Waals surface area contributed by atoms with Crippen LogP contribution in [0.25, 0.3) is 0 Å². The highest BCUT2D eigenvalue weighted by Gasteiger charge is 2.47. The van der Waals surface area contributed by atoms with Crippen molar-refractivity contribution in [1.29, 1.82) is 0 Å². The van der Waals surface area contributed by atoms with Crippen LogP contribution in [0, 0.1) is 0 Å². The smallest absolute Gasteiger partial charge is 0.186 e. The summed E-state index contributed by atoms with van der Waals surface area (Å²) in [4.78, 5) is 0. The van der Waals surface area contributed by atoms with E-state index in [-0.39, 0.29) is 19.8 Å². The molecular formula is C30H36O7. The van der Waals surface area contributed by atoms with Crippen LogP contribution in [-0.2, 0) is 43.5 Å². The molecule has 0 spiro atoms. The van der Waals surface area contributed by atoms with Gasteiger partial charge in [0.25, 0.3) is 0 Å². The zero-order valence-corrected chi connectivity index (χ0v) is 20.9. The average molecular weight is 509 g/mol. The van der Waals surface area contributed by atoms with Crippen LogP contribution in [0.4, 0.5) is 0 Å². The van der Waals surface area contributed by atoms with Crippen molar-refractivity contribution in [3.63, 3.8) is 0 Å². The third-order valence-corrected chi connectivity index (χ3v) is 6.16. The van der Waals surface area contributed by atoms with Gasteiger partial charge in [0.1, 0.15) is 24.4 Å². The summed E-state index contributed by atoms with van der Waals surface area (Å²) >= 11 is 0. The average Bonchev–Trinajstić information content (AvgIpc) is 2.94. The maximum Gasteiger partial charge on any atom is 0.186 e. The molecule has 1 aliphatic rings. The zero-order valence-electron chi connectivity index (χ0n) is 20.9. The molecule has 2 N–H and O–H groups in total. The highest BCUT2D eigenvalue weighted by atomic mass is 16.7. The first-order valence-electron chi connectivity index (χ1n) is 12.7. The molecule has 0 aromatic heterocycles. The van der Waals surface area contributed by atoms with E-state index in [9.17, 15) is 10.2 Å². The molecular weight excluding hydrogens is 472 g/mol. The third kappa shape index (κ3) is 8.45. The van der Waals surface area contributed by atoms with Gasteiger partial charge in [-0.05, 0) is 23.1 Å². The first-order valence-corrected chi connectivity index (χ1v) is 12.7. The highest BCUT2D eigenvalue weighted by molar-refractivity contribution is 5.15. The maximum atomic E-state index is 11.2. The Hall–Kier alpha value is -2.62. The molecule has 3 aromatic rings. The molecule has 4 rings (SSSR count). The Balaban J connectivity index is 1.50. The van der Waals surface area contributed by atoms with E-state index < -0.39 is 30.7 Å². The number of rotatable bonds is 14. The SMILES string of the molecule is OCCCO[C@H]1O[C@H](COCc2ccccc2)[C@@H](OCc2ccccc2)[C@H](OCc2ccccc2)[C@H]1O. The van der Waals surface area contributed by atoms with Gasteiger partial charge < -0.3 is 33.9 Å². The molecule has 0 saturated carbocycles. The van der Waals surface area contributed by atoms with Gasteiger partial charge in [-0.15, -0.1) is 0 Å². The number of aliphatic hydroxyl groups excluding tert-OH is 2. The fourth-order valence-corrected chi connectivity index (χ4v) is 4.22. The van der Waals surface area contributed by atoms with Crippen molar-refractivity contribution in [2.24, 2.45) is 0 Å². The monoisotopic (exact) mass is 508 g/mol. The normalized spacial score (nSPS) is 23.7. The molecule has 0 bridgehead atoms. The largest absolute Gasteiger partial charge is 0.396 e. The number of hydrogen-bond acceptors (Lipinski definition) is 7. The van der Waals surface area contributed by atoms with Gasteiger partial charge in [0.2, 0.25) is 0 Å². The first kappa shape index (κ1) is 27.4. The van der Waals surface area contributed by atoms with Crippen molar-refractivity contribution in [3.8, 4) is 0 Å². The Morgan fingerprint density at radius 3 is 1.70 bits per heavy atom. The topological polar surface area (TPSA) is 86.6 Å². The van der Waals surface area contributed by atoms with E-state index in [1.54, 1.807) is 0 Å². The van der Waals surface area contributed by atoms with Crippen molar-refractivity contribution < 1.29 is 33.9 Å². The van der Waals surface area contributed by atoms with Crippen molar-refractivity contribution in [1.82, 2.24) is 0 Å². The quantitative estimate of drug-likeness (QED) is 0.320. The van der Waals surface area contributed by atoms with Crippen LogP contribution in [-0.4, -0.2) is 60.7 Å². The minimum atomic E-state index is -1.09. The lowest BCUT2D eigenvalue weighted by atomic mass is 9.98. The Bertz CT molecular complexity index is 1000. The second-order valence-corrected chi connectivity index (χ2v) is 9.00. The van der Waals surface area contributed by atoms with Crippen molar-refractivity contribution in [3.05, 3.63) is 108 Å². The van der Waals surface area contributed by atoms with Crippen LogP contribution in [0.1, 0.15) is 23.1 Å². The number of ether oxygens (including phenoxy) is 5. The molecule has 1 saturated heterocycles. The van der Waals surface area contributed by atoms with Crippen LogP contribution in [0.3, 0.4) is 0 Å². The standard InChI is InChI=1S/C30H36O7/c31-17-10-18-34-30-27(32)29(36-21-25-15-8-3-9-16-25)28(35-20-24-13-6-2-7-14-24)26(37-30)22-33-19-23-11-4-1-5-12-23/h1-9,11-16,26-32H,10,17-22H2/t26-,27-,28-,29-,30+/m1/s1. The van der Waals surface area contributed by atoms with Crippen LogP contribution < -0.4 is 0 Å². The van der Waals surface area contributed by atoms with E-state index in [2.05, 4.69) is 0 Å². The lowest BCUT2D eigenvalue weighted by molar-refractivity contribution is -0.319. The summed E-state index contributed by atoms with van der Waals surface area (Å²) in [5.74, 6) is 0. The minimum absolute atomic E-state index is 0.0107. The molecule has 1 heterocycles. The van der Waals surface area contributed by atoms with Gasteiger partial charge in [-0.1, -0.05) is 91.0 Å². The molecule has 0 unspecified atom stereocenters. The highest BCUT2D eigenvalue weighted by Crippen LogP contribution is 2.29. The molecule has 7 nitrogen and oxygen atoms in total. The Morgan fingerprint density at radius 2 is 1.16 bits per heavy atom. The molecule has 1 fully saturated rings. The second-order valence-electron chi connectivity index (χ2n) is 9.00. The predicted molar refractivity (Wildman–Crippen MR) is 138 cm³/mol. The van der Waals surface area contributed by atoms with Crippen molar-refractivity contribution in [2.45, 2.75) is 56.9 Å². The van der Waals surface area contributed by atoms with Gasteiger partial charge >= 0.3 is 0 Å². The number of benzene rings is 3. The van der Waals surface area contributed by atoms with Gasteiger partial charge in [-0.2, -0.15) is 0 Å². The van der Waals surface area contributed by atoms with Gasteiger partial charge in [0.15, 0.2) is 6.29 Å². The number of aliphatic hydroxyl groups is 2. The van der Waals surface area contributed by atoms with Gasteiger partial charge in [0, 0.05) is 6.61 Å². The molecule has 1 aliphatic heterocycles. The van der Waals surface area contributed by atoms with Crippen molar-refractivity contribution in [2.75, 3.05) is 19.8 Å². The lowest BCUT2D eigenvalue weighted by Crippen LogP contribution is -2.61. The zero-order chi connectivity index (χ0) is 25.7. The van der Waals surface area contributed by atoms with E-state index in [4.69, 9.17) is 23.7 Å². The summed E-state index contributed by atoms with van der Waals surface area (Å²) in [7, 11) is 0. The third-order valence-electron chi connectivity index (χ3n) is 6.16. The summed E-state index contributed by atoms with van der Waals surface area (Å²) < 4.78 is 30.6. The minimum Gasteiger partial charge on any atom is -0.396 e. The predicted octanol–water partition coefficient (Wildman–Crippen LogP) is 3.86. The Kier molecular flexibility index (Phi) is 11.1. The van der Waals surface area contributed by atoms with Crippen LogP contribution >= 0.6 is 0 Å². The first-order chi connectivity index (χ1) is 18.2. The number of hydrogen-bond donors (Lipinski definition) is 2. The van der Waals surface area contributed by atoms with Gasteiger partial charge in [-0.3, -0.25) is 0 Å². The summed E-state index contributed by atoms with van der Waals surface area (Å²) in [5.41, 5.74) is 3.04. The summed E-state index contributed by atoms with van der Waals surface area (Å²) in [5, 5.41) is 20.4. The molecule has 7 heteroatoms. The lowest BCUT2D eigenvalue weighted by Gasteiger charge is -2.44. The van der Waals surface area contributed by atoms with Gasteiger partial charge in [0.05, 0.1) is 33.0 Å². The Labute approximate surface area is 218 Å². The summed E-state index contributed by atoms with van der Waals surface area (Å²) in [6.07, 6.45) is -3.46.